The quantitative estimate of drug-likeness (QED) is 0.411. The lowest BCUT2D eigenvalue weighted by atomic mass is 10.1. The molecule has 0 N–H and O–H groups in total. The predicted molar refractivity (Wildman–Crippen MR) is 66.2 cm³/mol. The second-order valence-electron chi connectivity index (χ2n) is 5.76. The number of rotatable bonds is 2. The summed E-state index contributed by atoms with van der Waals surface area (Å²) in [6.07, 6.45) is 0.608. The van der Waals surface area contributed by atoms with Crippen LogP contribution in [0.4, 0.5) is 0 Å². The maximum atomic E-state index is 10.2. The first-order valence-electron chi connectivity index (χ1n) is 5.18. The molecule has 0 saturated heterocycles. The molecular formula is C12H22O2Si. The van der Waals surface area contributed by atoms with Gasteiger partial charge in [-0.25, -0.2) is 0 Å². The summed E-state index contributed by atoms with van der Waals surface area (Å²) < 4.78 is 6.10. The lowest BCUT2D eigenvalue weighted by Crippen LogP contribution is -2.47. The molecule has 0 fully saturated rings. The Morgan fingerprint density at radius 3 is 1.93 bits per heavy atom. The molecule has 0 aliphatic carbocycles. The standard InChI is InChI=1S/C12H22O2Si/c1-11(2,3)15(6,7)14-12(4,5)9-8-10-13/h10H,1-7H3. The highest BCUT2D eigenvalue weighted by atomic mass is 28.4. The Morgan fingerprint density at radius 1 is 1.13 bits per heavy atom. The Morgan fingerprint density at radius 2 is 1.60 bits per heavy atom. The SMILES string of the molecule is CC(C)(C#CC=O)O[Si](C)(C)C(C)(C)C. The van der Waals surface area contributed by atoms with Gasteiger partial charge >= 0.3 is 0 Å². The van der Waals surface area contributed by atoms with Crippen LogP contribution in [0.5, 0.6) is 0 Å². The van der Waals surface area contributed by atoms with Gasteiger partial charge in [-0.15, -0.1) is 0 Å². The molecule has 0 amide bonds. The molecule has 15 heavy (non-hydrogen) atoms. The van der Waals surface area contributed by atoms with Crippen LogP contribution in [0.2, 0.25) is 18.1 Å². The van der Waals surface area contributed by atoms with E-state index in [1.54, 1.807) is 0 Å². The van der Waals surface area contributed by atoms with Gasteiger partial charge in [-0.1, -0.05) is 26.7 Å². The number of hydrogen-bond donors (Lipinski definition) is 0. The summed E-state index contributed by atoms with van der Waals surface area (Å²) in [6.45, 7) is 14.7. The van der Waals surface area contributed by atoms with Crippen molar-refractivity contribution >= 4 is 14.6 Å². The van der Waals surface area contributed by atoms with E-state index in [2.05, 4.69) is 45.7 Å². The van der Waals surface area contributed by atoms with Crippen molar-refractivity contribution in [2.45, 2.75) is 58.4 Å². The highest BCUT2D eigenvalue weighted by Crippen LogP contribution is 2.38. The third kappa shape index (κ3) is 4.63. The van der Waals surface area contributed by atoms with Crippen molar-refractivity contribution in [3.05, 3.63) is 0 Å². The van der Waals surface area contributed by atoms with Crippen molar-refractivity contribution in [1.29, 1.82) is 0 Å². The van der Waals surface area contributed by atoms with Gasteiger partial charge in [0.05, 0.1) is 0 Å². The Labute approximate surface area is 94.5 Å². The average molecular weight is 226 g/mol. The average Bonchev–Trinajstić information content (AvgIpc) is 1.96. The zero-order chi connectivity index (χ0) is 12.3. The molecule has 0 unspecified atom stereocenters. The minimum Gasteiger partial charge on any atom is -0.401 e. The van der Waals surface area contributed by atoms with Gasteiger partial charge < -0.3 is 4.43 Å². The van der Waals surface area contributed by atoms with Crippen molar-refractivity contribution in [3.63, 3.8) is 0 Å². The summed E-state index contributed by atoms with van der Waals surface area (Å²) >= 11 is 0. The second-order valence-corrected chi connectivity index (χ2v) is 10.5. The zero-order valence-corrected chi connectivity index (χ0v) is 11.9. The molecule has 2 nitrogen and oxygen atoms in total. The predicted octanol–water partition coefficient (Wildman–Crippen LogP) is 2.99. The van der Waals surface area contributed by atoms with E-state index < -0.39 is 13.9 Å². The topological polar surface area (TPSA) is 26.3 Å². The molecule has 0 aromatic rings. The van der Waals surface area contributed by atoms with E-state index in [9.17, 15) is 4.79 Å². The molecule has 0 aliphatic heterocycles. The molecule has 0 rings (SSSR count). The highest BCUT2D eigenvalue weighted by molar-refractivity contribution is 6.74. The third-order valence-electron chi connectivity index (χ3n) is 2.75. The van der Waals surface area contributed by atoms with Crippen molar-refractivity contribution < 1.29 is 9.22 Å². The maximum Gasteiger partial charge on any atom is 0.194 e. The van der Waals surface area contributed by atoms with Gasteiger partial charge in [0.1, 0.15) is 5.60 Å². The molecule has 0 radical (unpaired) electrons. The number of hydrogen-bond acceptors (Lipinski definition) is 2. The third-order valence-corrected chi connectivity index (χ3v) is 7.38. The minimum absolute atomic E-state index is 0.160. The van der Waals surface area contributed by atoms with Gasteiger partial charge in [-0.05, 0) is 37.9 Å². The summed E-state index contributed by atoms with van der Waals surface area (Å²) in [7, 11) is -1.81. The zero-order valence-electron chi connectivity index (χ0n) is 10.9. The number of aldehydes is 1. The van der Waals surface area contributed by atoms with Gasteiger partial charge in [0.2, 0.25) is 0 Å². The molecule has 0 aromatic heterocycles. The van der Waals surface area contributed by atoms with Gasteiger partial charge in [0.25, 0.3) is 0 Å². The van der Waals surface area contributed by atoms with Crippen LogP contribution in [0.15, 0.2) is 0 Å². The maximum absolute atomic E-state index is 10.2. The van der Waals surface area contributed by atoms with Crippen molar-refractivity contribution in [2.24, 2.45) is 0 Å². The molecule has 0 aromatic carbocycles. The molecule has 0 saturated carbocycles. The fourth-order valence-corrected chi connectivity index (χ4v) is 2.65. The molecule has 0 atom stereocenters. The Balaban J connectivity index is 4.79. The highest BCUT2D eigenvalue weighted by Gasteiger charge is 2.40. The lowest BCUT2D eigenvalue weighted by Gasteiger charge is -2.40. The molecule has 0 heterocycles. The van der Waals surface area contributed by atoms with Gasteiger partial charge in [0.15, 0.2) is 14.6 Å². The van der Waals surface area contributed by atoms with Gasteiger partial charge in [-0.3, -0.25) is 4.79 Å². The summed E-state index contributed by atoms with van der Waals surface area (Å²) in [5.74, 6) is 5.26. The van der Waals surface area contributed by atoms with Crippen LogP contribution in [0.3, 0.4) is 0 Å². The lowest BCUT2D eigenvalue weighted by molar-refractivity contribution is -0.103. The van der Waals surface area contributed by atoms with E-state index in [0.29, 0.717) is 6.29 Å². The van der Waals surface area contributed by atoms with E-state index in [4.69, 9.17) is 4.43 Å². The first-order valence-corrected chi connectivity index (χ1v) is 8.09. The fourth-order valence-electron chi connectivity index (χ4n) is 1.02. The summed E-state index contributed by atoms with van der Waals surface area (Å²) in [5, 5.41) is 0.160. The van der Waals surface area contributed by atoms with Crippen molar-refractivity contribution in [3.8, 4) is 11.8 Å². The van der Waals surface area contributed by atoms with Crippen LogP contribution in [-0.2, 0) is 9.22 Å². The molecule has 3 heteroatoms. The van der Waals surface area contributed by atoms with Crippen LogP contribution in [0, 0.1) is 11.8 Å². The molecular weight excluding hydrogens is 204 g/mol. The van der Waals surface area contributed by atoms with Crippen LogP contribution < -0.4 is 0 Å². The Bertz CT molecular complexity index is 287. The normalized spacial score (nSPS) is 13.0. The van der Waals surface area contributed by atoms with E-state index in [-0.39, 0.29) is 5.04 Å². The Hall–Kier alpha value is -0.593. The van der Waals surface area contributed by atoms with Crippen LogP contribution in [-0.4, -0.2) is 20.2 Å². The molecule has 0 aliphatic rings. The summed E-state index contributed by atoms with van der Waals surface area (Å²) in [5.41, 5.74) is -0.538. The van der Waals surface area contributed by atoms with Crippen LogP contribution in [0.25, 0.3) is 0 Å². The van der Waals surface area contributed by atoms with E-state index >= 15 is 0 Å². The summed E-state index contributed by atoms with van der Waals surface area (Å²) in [4.78, 5) is 10.2. The molecule has 0 spiro atoms. The van der Waals surface area contributed by atoms with Crippen molar-refractivity contribution in [2.75, 3.05) is 0 Å². The summed E-state index contributed by atoms with van der Waals surface area (Å²) in [6, 6.07) is 0. The fraction of sp³-hybridized carbons (Fsp3) is 0.750. The first kappa shape index (κ1) is 14.4. The number of carbonyl (C=O) groups excluding carboxylic acids is 1. The first-order chi connectivity index (χ1) is 6.52. The number of carbonyl (C=O) groups is 1. The van der Waals surface area contributed by atoms with Crippen LogP contribution >= 0.6 is 0 Å². The largest absolute Gasteiger partial charge is 0.401 e. The smallest absolute Gasteiger partial charge is 0.194 e. The Kier molecular flexibility index (Phi) is 4.33. The van der Waals surface area contributed by atoms with E-state index in [1.165, 1.54) is 0 Å². The van der Waals surface area contributed by atoms with Gasteiger partial charge in [-0.2, -0.15) is 0 Å². The molecule has 86 valence electrons. The van der Waals surface area contributed by atoms with Gasteiger partial charge in [0, 0.05) is 0 Å². The molecule has 0 bridgehead atoms. The van der Waals surface area contributed by atoms with Crippen LogP contribution in [0.1, 0.15) is 34.6 Å². The second kappa shape index (κ2) is 4.50. The van der Waals surface area contributed by atoms with Crippen molar-refractivity contribution in [1.82, 2.24) is 0 Å². The minimum atomic E-state index is -1.81. The monoisotopic (exact) mass is 226 g/mol. The van der Waals surface area contributed by atoms with E-state index in [1.807, 2.05) is 13.8 Å². The van der Waals surface area contributed by atoms with E-state index in [0.717, 1.165) is 0 Å².